The number of carbonyl (C=O) groups excluding carboxylic acids is 1. The van der Waals surface area contributed by atoms with Gasteiger partial charge in [-0.1, -0.05) is 22.9 Å². The van der Waals surface area contributed by atoms with Crippen LogP contribution < -0.4 is 0 Å². The summed E-state index contributed by atoms with van der Waals surface area (Å²) in [5.74, 6) is -1.00. The number of carbonyl (C=O) groups is 2. The number of hydrogen-bond donors (Lipinski definition) is 1. The quantitative estimate of drug-likeness (QED) is 0.901. The van der Waals surface area contributed by atoms with Crippen molar-refractivity contribution < 1.29 is 14.7 Å². The van der Waals surface area contributed by atoms with Crippen molar-refractivity contribution in [3.8, 4) is 5.69 Å². The van der Waals surface area contributed by atoms with Gasteiger partial charge in [-0.15, -0.1) is 5.10 Å². The molecule has 132 valence electrons. The lowest BCUT2D eigenvalue weighted by molar-refractivity contribution is -0.137. The van der Waals surface area contributed by atoms with E-state index >= 15 is 0 Å². The van der Waals surface area contributed by atoms with Crippen LogP contribution in [-0.4, -0.2) is 49.5 Å². The molecule has 1 aliphatic heterocycles. The molecule has 1 fully saturated rings. The van der Waals surface area contributed by atoms with E-state index in [4.69, 9.17) is 5.11 Å². The predicted octanol–water partition coefficient (Wildman–Crippen LogP) is 2.44. The zero-order valence-corrected chi connectivity index (χ0v) is 14.3. The van der Waals surface area contributed by atoms with Crippen LogP contribution in [0.5, 0.6) is 0 Å². The SMILES string of the molecule is Cc1ccc(-n2cc(C(=O)N3CCCC[C@@H]3CCC(=O)O)nn2)cc1. The van der Waals surface area contributed by atoms with Gasteiger partial charge in [0.1, 0.15) is 0 Å². The Kier molecular flexibility index (Phi) is 5.11. The van der Waals surface area contributed by atoms with E-state index in [2.05, 4.69) is 10.3 Å². The van der Waals surface area contributed by atoms with E-state index in [1.807, 2.05) is 31.2 Å². The molecule has 2 aromatic rings. The molecule has 1 aromatic heterocycles. The van der Waals surface area contributed by atoms with Crippen LogP contribution >= 0.6 is 0 Å². The molecule has 7 nitrogen and oxygen atoms in total. The molecule has 0 saturated carbocycles. The van der Waals surface area contributed by atoms with Crippen molar-refractivity contribution in [2.45, 2.75) is 45.1 Å². The van der Waals surface area contributed by atoms with E-state index in [1.165, 1.54) is 0 Å². The molecule has 1 aromatic carbocycles. The molecule has 0 radical (unpaired) electrons. The molecule has 25 heavy (non-hydrogen) atoms. The number of nitrogens with zero attached hydrogens (tertiary/aromatic N) is 4. The largest absolute Gasteiger partial charge is 0.481 e. The van der Waals surface area contributed by atoms with Gasteiger partial charge in [0.25, 0.3) is 5.91 Å². The fraction of sp³-hybridized carbons (Fsp3) is 0.444. The van der Waals surface area contributed by atoms with Crippen molar-refractivity contribution in [3.63, 3.8) is 0 Å². The Morgan fingerprint density at radius 1 is 1.24 bits per heavy atom. The van der Waals surface area contributed by atoms with Gasteiger partial charge in [-0.2, -0.15) is 0 Å². The first-order valence-electron chi connectivity index (χ1n) is 8.57. The van der Waals surface area contributed by atoms with Crippen LogP contribution in [0.15, 0.2) is 30.5 Å². The fourth-order valence-electron chi connectivity index (χ4n) is 3.19. The average Bonchev–Trinajstić information content (AvgIpc) is 3.10. The molecule has 1 atom stereocenters. The van der Waals surface area contributed by atoms with Crippen LogP contribution in [0.25, 0.3) is 5.69 Å². The second-order valence-corrected chi connectivity index (χ2v) is 6.46. The van der Waals surface area contributed by atoms with Crippen molar-refractivity contribution in [1.29, 1.82) is 0 Å². The first kappa shape index (κ1) is 17.1. The van der Waals surface area contributed by atoms with E-state index in [1.54, 1.807) is 15.8 Å². The molecular formula is C18H22N4O3. The fourth-order valence-corrected chi connectivity index (χ4v) is 3.19. The number of hydrogen-bond acceptors (Lipinski definition) is 4. The number of aromatic nitrogens is 3. The van der Waals surface area contributed by atoms with Gasteiger partial charge in [0, 0.05) is 19.0 Å². The maximum atomic E-state index is 12.8. The number of aryl methyl sites for hydroxylation is 1. The van der Waals surface area contributed by atoms with E-state index in [0.717, 1.165) is 30.5 Å². The standard InChI is InChI=1S/C18H22N4O3/c1-13-5-7-15(8-6-13)22-12-16(19-20-22)18(25)21-11-3-2-4-14(21)9-10-17(23)24/h5-8,12,14H,2-4,9-11H2,1H3,(H,23,24)/t14-/m1/s1. The number of carboxylic acids is 1. The molecule has 0 bridgehead atoms. The van der Waals surface area contributed by atoms with Crippen molar-refractivity contribution in [2.75, 3.05) is 6.54 Å². The van der Waals surface area contributed by atoms with E-state index in [9.17, 15) is 9.59 Å². The Labute approximate surface area is 146 Å². The van der Waals surface area contributed by atoms with Gasteiger partial charge in [0.2, 0.25) is 0 Å². The summed E-state index contributed by atoms with van der Waals surface area (Å²) < 4.78 is 1.59. The number of amides is 1. The minimum absolute atomic E-state index is 0.0399. The second kappa shape index (κ2) is 7.46. The van der Waals surface area contributed by atoms with Gasteiger partial charge in [-0.25, -0.2) is 4.68 Å². The third kappa shape index (κ3) is 4.04. The van der Waals surface area contributed by atoms with Crippen LogP contribution in [0.4, 0.5) is 0 Å². The first-order valence-corrected chi connectivity index (χ1v) is 8.57. The van der Waals surface area contributed by atoms with Gasteiger partial charge in [-0.05, 0) is 44.7 Å². The van der Waals surface area contributed by atoms with Gasteiger partial charge in [0.15, 0.2) is 5.69 Å². The molecule has 0 aliphatic carbocycles. The molecule has 0 spiro atoms. The Morgan fingerprint density at radius 3 is 2.72 bits per heavy atom. The minimum atomic E-state index is -0.830. The highest BCUT2D eigenvalue weighted by Crippen LogP contribution is 2.23. The lowest BCUT2D eigenvalue weighted by Gasteiger charge is -2.35. The van der Waals surface area contributed by atoms with E-state index in [-0.39, 0.29) is 18.4 Å². The van der Waals surface area contributed by atoms with Gasteiger partial charge in [-0.3, -0.25) is 9.59 Å². The Bertz CT molecular complexity index is 754. The summed E-state index contributed by atoms with van der Waals surface area (Å²) in [5, 5.41) is 17.0. The minimum Gasteiger partial charge on any atom is -0.481 e. The second-order valence-electron chi connectivity index (χ2n) is 6.46. The van der Waals surface area contributed by atoms with Crippen LogP contribution in [-0.2, 0) is 4.79 Å². The van der Waals surface area contributed by atoms with E-state index in [0.29, 0.717) is 18.7 Å². The summed E-state index contributed by atoms with van der Waals surface area (Å²) in [6.45, 7) is 2.65. The summed E-state index contributed by atoms with van der Waals surface area (Å²) in [4.78, 5) is 25.4. The van der Waals surface area contributed by atoms with Crippen LogP contribution in [0.1, 0.15) is 48.2 Å². The number of rotatable bonds is 5. The van der Waals surface area contributed by atoms with Gasteiger partial charge < -0.3 is 10.0 Å². The smallest absolute Gasteiger partial charge is 0.303 e. The van der Waals surface area contributed by atoms with Crippen molar-refractivity contribution in [3.05, 3.63) is 41.7 Å². The topological polar surface area (TPSA) is 88.3 Å². The highest BCUT2D eigenvalue weighted by atomic mass is 16.4. The monoisotopic (exact) mass is 342 g/mol. The first-order chi connectivity index (χ1) is 12.0. The van der Waals surface area contributed by atoms with Crippen LogP contribution in [0, 0.1) is 6.92 Å². The van der Waals surface area contributed by atoms with Crippen molar-refractivity contribution in [2.24, 2.45) is 0 Å². The highest BCUT2D eigenvalue weighted by Gasteiger charge is 2.29. The van der Waals surface area contributed by atoms with Crippen molar-refractivity contribution in [1.82, 2.24) is 19.9 Å². The summed E-state index contributed by atoms with van der Waals surface area (Å²) in [5.41, 5.74) is 2.29. The Hall–Kier alpha value is -2.70. The Balaban J connectivity index is 1.75. The summed E-state index contributed by atoms with van der Waals surface area (Å²) in [7, 11) is 0. The third-order valence-electron chi connectivity index (χ3n) is 4.59. The normalized spacial score (nSPS) is 17.5. The maximum absolute atomic E-state index is 12.8. The number of carboxylic acid groups (broad SMARTS) is 1. The molecule has 1 N–H and O–H groups in total. The molecule has 2 heterocycles. The lowest BCUT2D eigenvalue weighted by atomic mass is 9.97. The molecule has 7 heteroatoms. The zero-order chi connectivity index (χ0) is 17.8. The summed E-state index contributed by atoms with van der Waals surface area (Å²) in [6, 6.07) is 7.77. The Morgan fingerprint density at radius 2 is 2.00 bits per heavy atom. The number of aliphatic carboxylic acids is 1. The number of likely N-dealkylation sites (tertiary alicyclic amines) is 1. The van der Waals surface area contributed by atoms with Gasteiger partial charge >= 0.3 is 5.97 Å². The molecule has 0 unspecified atom stereocenters. The third-order valence-corrected chi connectivity index (χ3v) is 4.59. The molecule has 1 saturated heterocycles. The van der Waals surface area contributed by atoms with Crippen LogP contribution in [0.2, 0.25) is 0 Å². The van der Waals surface area contributed by atoms with Crippen molar-refractivity contribution >= 4 is 11.9 Å². The molecular weight excluding hydrogens is 320 g/mol. The van der Waals surface area contributed by atoms with Crippen LogP contribution in [0.3, 0.4) is 0 Å². The van der Waals surface area contributed by atoms with Gasteiger partial charge in [0.05, 0.1) is 11.9 Å². The number of benzene rings is 1. The lowest BCUT2D eigenvalue weighted by Crippen LogP contribution is -2.44. The predicted molar refractivity (Wildman–Crippen MR) is 91.6 cm³/mol. The maximum Gasteiger partial charge on any atom is 0.303 e. The molecule has 1 amide bonds. The summed E-state index contributed by atoms with van der Waals surface area (Å²) in [6.07, 6.45) is 4.98. The molecule has 3 rings (SSSR count). The zero-order valence-electron chi connectivity index (χ0n) is 14.3. The van der Waals surface area contributed by atoms with E-state index < -0.39 is 5.97 Å². The average molecular weight is 342 g/mol. The number of piperidine rings is 1. The highest BCUT2D eigenvalue weighted by molar-refractivity contribution is 5.92. The summed E-state index contributed by atoms with van der Waals surface area (Å²) >= 11 is 0. The molecule has 1 aliphatic rings.